The summed E-state index contributed by atoms with van der Waals surface area (Å²) in [5, 5.41) is 15.3. The van der Waals surface area contributed by atoms with Gasteiger partial charge in [-0.25, -0.2) is 0 Å². The fourth-order valence-corrected chi connectivity index (χ4v) is 5.42. The van der Waals surface area contributed by atoms with Crippen molar-refractivity contribution in [2.45, 2.75) is 33.1 Å². The van der Waals surface area contributed by atoms with Crippen LogP contribution in [-0.2, 0) is 9.59 Å². The monoisotopic (exact) mass is 490 g/mol. The van der Waals surface area contributed by atoms with Gasteiger partial charge in [-0.05, 0) is 68.3 Å². The summed E-state index contributed by atoms with van der Waals surface area (Å²) in [5.41, 5.74) is 3.84. The molecule has 180 valence electrons. The van der Waals surface area contributed by atoms with Crippen LogP contribution in [0.25, 0.3) is 11.8 Å². The summed E-state index contributed by atoms with van der Waals surface area (Å²) < 4.78 is 7.43. The average molecular weight is 491 g/mol. The molecule has 10 heteroatoms. The number of aryl methyl sites for hydroxylation is 1. The van der Waals surface area contributed by atoms with Crippen molar-refractivity contribution in [1.82, 2.24) is 14.5 Å². The first kappa shape index (κ1) is 23.1. The molecule has 9 nitrogen and oxygen atoms in total. The van der Waals surface area contributed by atoms with E-state index in [9.17, 15) is 9.59 Å². The van der Waals surface area contributed by atoms with Gasteiger partial charge in [-0.1, -0.05) is 6.07 Å². The minimum Gasteiger partial charge on any atom is -0.497 e. The maximum absolute atomic E-state index is 12.9. The zero-order valence-electron chi connectivity index (χ0n) is 19.9. The Bertz CT molecular complexity index is 1330. The van der Waals surface area contributed by atoms with Crippen molar-refractivity contribution in [1.29, 1.82) is 5.41 Å². The van der Waals surface area contributed by atoms with E-state index in [4.69, 9.17) is 10.1 Å². The quantitative estimate of drug-likeness (QED) is 0.643. The van der Waals surface area contributed by atoms with Gasteiger partial charge in [0, 0.05) is 36.2 Å². The number of nitrogens with zero attached hydrogens (tertiary/aromatic N) is 5. The van der Waals surface area contributed by atoms with E-state index in [-0.39, 0.29) is 23.7 Å². The standard InChI is InChI=1S/C25H26N6O3S/c1-15-11-17(16(2)30(15)18-7-6-8-19(13-18)34-3)12-20-23(26)31-25(27-24(20)33)35-21(28-31)14-22(32)29-9-4-5-10-29/h6-8,11-13,26H,4-5,9-10,14H2,1-3H3. The Hall–Kier alpha value is -3.66. The SMILES string of the molecule is COc1cccc(-n2c(C)cc(C=C3C(=N)N4N=C(CC(=O)N5CCCC5)SC4=NC3=O)c2C)c1. The Balaban J connectivity index is 1.42. The molecule has 4 heterocycles. The van der Waals surface area contributed by atoms with Crippen molar-refractivity contribution >= 4 is 45.7 Å². The number of likely N-dealkylation sites (tertiary alicyclic amines) is 1. The fraction of sp³-hybridized carbons (Fsp3) is 0.320. The second-order valence-electron chi connectivity index (χ2n) is 8.64. The summed E-state index contributed by atoms with van der Waals surface area (Å²) in [7, 11) is 1.63. The minimum atomic E-state index is -0.484. The number of benzene rings is 1. The summed E-state index contributed by atoms with van der Waals surface area (Å²) >= 11 is 1.18. The molecule has 2 amide bonds. The number of amides is 2. The molecule has 0 aliphatic carbocycles. The van der Waals surface area contributed by atoms with Crippen molar-refractivity contribution in [3.05, 3.63) is 52.9 Å². The number of carbonyl (C=O) groups is 2. The molecule has 3 aliphatic heterocycles. The number of thioether (sulfide) groups is 1. The smallest absolute Gasteiger partial charge is 0.283 e. The van der Waals surface area contributed by atoms with E-state index in [0.717, 1.165) is 54.3 Å². The first-order valence-corrected chi connectivity index (χ1v) is 12.3. The number of methoxy groups -OCH3 is 1. The van der Waals surface area contributed by atoms with Gasteiger partial charge in [-0.15, -0.1) is 0 Å². The van der Waals surface area contributed by atoms with E-state index in [2.05, 4.69) is 14.7 Å². The molecule has 1 saturated heterocycles. The van der Waals surface area contributed by atoms with E-state index < -0.39 is 5.91 Å². The molecule has 0 bridgehead atoms. The predicted molar refractivity (Wildman–Crippen MR) is 137 cm³/mol. The normalized spacial score (nSPS) is 18.8. The number of aromatic nitrogens is 1. The third kappa shape index (κ3) is 4.29. The molecule has 3 aliphatic rings. The van der Waals surface area contributed by atoms with Gasteiger partial charge < -0.3 is 14.2 Å². The Labute approximate surface area is 207 Å². The summed E-state index contributed by atoms with van der Waals surface area (Å²) in [6.07, 6.45) is 3.89. The van der Waals surface area contributed by atoms with Crippen molar-refractivity contribution < 1.29 is 14.3 Å². The van der Waals surface area contributed by atoms with Crippen molar-refractivity contribution in [3.63, 3.8) is 0 Å². The van der Waals surface area contributed by atoms with E-state index in [1.807, 2.05) is 49.1 Å². The van der Waals surface area contributed by atoms with Crippen molar-refractivity contribution in [3.8, 4) is 11.4 Å². The van der Waals surface area contributed by atoms with Crippen LogP contribution in [0.15, 0.2) is 46.0 Å². The Kier molecular flexibility index (Phi) is 6.06. The van der Waals surface area contributed by atoms with Gasteiger partial charge in [-0.3, -0.25) is 15.0 Å². The van der Waals surface area contributed by atoms with Crippen LogP contribution in [0.4, 0.5) is 0 Å². The van der Waals surface area contributed by atoms with Gasteiger partial charge in [0.05, 0.1) is 19.1 Å². The van der Waals surface area contributed by atoms with Gasteiger partial charge in [-0.2, -0.15) is 15.1 Å². The number of hydrogen-bond donors (Lipinski definition) is 1. The van der Waals surface area contributed by atoms with Gasteiger partial charge in [0.1, 0.15) is 10.8 Å². The third-order valence-corrected chi connectivity index (χ3v) is 7.25. The summed E-state index contributed by atoms with van der Waals surface area (Å²) in [6.45, 7) is 5.51. The molecule has 0 saturated carbocycles. The zero-order valence-corrected chi connectivity index (χ0v) is 20.7. The topological polar surface area (TPSA) is 103 Å². The molecule has 1 aromatic carbocycles. The second-order valence-corrected chi connectivity index (χ2v) is 9.68. The zero-order chi connectivity index (χ0) is 24.7. The van der Waals surface area contributed by atoms with E-state index in [1.165, 1.54) is 16.8 Å². The maximum Gasteiger partial charge on any atom is 0.283 e. The van der Waals surface area contributed by atoms with Gasteiger partial charge in [0.25, 0.3) is 5.91 Å². The van der Waals surface area contributed by atoms with E-state index >= 15 is 0 Å². The maximum atomic E-state index is 12.9. The highest BCUT2D eigenvalue weighted by molar-refractivity contribution is 8.27. The lowest BCUT2D eigenvalue weighted by molar-refractivity contribution is -0.128. The molecule has 35 heavy (non-hydrogen) atoms. The first-order valence-electron chi connectivity index (χ1n) is 11.5. The molecule has 1 fully saturated rings. The average Bonchev–Trinajstić information content (AvgIpc) is 3.57. The highest BCUT2D eigenvalue weighted by Gasteiger charge is 2.36. The fourth-order valence-electron chi connectivity index (χ4n) is 4.55. The molecule has 0 unspecified atom stereocenters. The number of hydrazone groups is 1. The van der Waals surface area contributed by atoms with Crippen LogP contribution in [0.3, 0.4) is 0 Å². The second kappa shape index (κ2) is 9.18. The van der Waals surface area contributed by atoms with Crippen LogP contribution in [0, 0.1) is 19.3 Å². The van der Waals surface area contributed by atoms with Gasteiger partial charge >= 0.3 is 0 Å². The lowest BCUT2D eigenvalue weighted by atomic mass is 10.1. The van der Waals surface area contributed by atoms with Crippen LogP contribution < -0.4 is 4.74 Å². The van der Waals surface area contributed by atoms with Crippen LogP contribution in [0.5, 0.6) is 5.75 Å². The van der Waals surface area contributed by atoms with Crippen molar-refractivity contribution in [2.24, 2.45) is 10.1 Å². The molecular weight excluding hydrogens is 464 g/mol. The number of nitrogens with one attached hydrogen (secondary N) is 1. The lowest BCUT2D eigenvalue weighted by Gasteiger charge is -2.20. The van der Waals surface area contributed by atoms with E-state index in [1.54, 1.807) is 13.2 Å². The molecule has 0 atom stereocenters. The molecule has 5 rings (SSSR count). The Morgan fingerprint density at radius 3 is 2.74 bits per heavy atom. The third-order valence-electron chi connectivity index (χ3n) is 6.34. The number of amidine groups is 2. The van der Waals surface area contributed by atoms with Crippen LogP contribution in [0.2, 0.25) is 0 Å². The lowest BCUT2D eigenvalue weighted by Crippen LogP contribution is -2.35. The minimum absolute atomic E-state index is 0.0211. The number of ether oxygens (including phenoxy) is 1. The summed E-state index contributed by atoms with van der Waals surface area (Å²) in [6, 6.07) is 9.73. The summed E-state index contributed by atoms with van der Waals surface area (Å²) in [5.74, 6) is 0.252. The molecule has 1 N–H and O–H groups in total. The first-order chi connectivity index (χ1) is 16.9. The summed E-state index contributed by atoms with van der Waals surface area (Å²) in [4.78, 5) is 31.4. The molecule has 0 spiro atoms. The highest BCUT2D eigenvalue weighted by atomic mass is 32.2. The number of fused-ring (bicyclic) bond motifs is 1. The molecule has 2 aromatic rings. The van der Waals surface area contributed by atoms with Crippen LogP contribution >= 0.6 is 11.8 Å². The molecular formula is C25H26N6O3S. The van der Waals surface area contributed by atoms with Gasteiger partial charge in [0.15, 0.2) is 5.84 Å². The Morgan fingerprint density at radius 1 is 1.23 bits per heavy atom. The van der Waals surface area contributed by atoms with E-state index in [0.29, 0.717) is 10.2 Å². The number of hydrogen-bond acceptors (Lipinski definition) is 6. The molecule has 0 radical (unpaired) electrons. The van der Waals surface area contributed by atoms with Gasteiger partial charge in [0.2, 0.25) is 11.1 Å². The van der Waals surface area contributed by atoms with Crippen LogP contribution in [-0.4, -0.2) is 62.5 Å². The molecule has 1 aromatic heterocycles. The number of aliphatic imine (C=N–C) groups is 1. The predicted octanol–water partition coefficient (Wildman–Crippen LogP) is 3.73. The number of carbonyl (C=O) groups excluding carboxylic acids is 2. The van der Waals surface area contributed by atoms with Crippen LogP contribution in [0.1, 0.15) is 36.2 Å². The number of rotatable bonds is 5. The van der Waals surface area contributed by atoms with Crippen molar-refractivity contribution in [2.75, 3.05) is 20.2 Å². The highest BCUT2D eigenvalue weighted by Crippen LogP contribution is 2.31. The Morgan fingerprint density at radius 2 is 2.00 bits per heavy atom. The largest absolute Gasteiger partial charge is 0.497 e.